The standard InChI is InChI=1S/C18H23FN4O.HI/c1-4-20-18(22-12-15-6-5-11-21-17(15)24-3)23(2)13-14-7-9-16(19)10-8-14;/h5-11H,4,12-13H2,1-3H3,(H,20,22);1H. The Morgan fingerprint density at radius 3 is 2.64 bits per heavy atom. The van der Waals surface area contributed by atoms with Crippen molar-refractivity contribution in [1.82, 2.24) is 15.2 Å². The maximum absolute atomic E-state index is 13.0. The predicted octanol–water partition coefficient (Wildman–Crippen LogP) is 3.44. The summed E-state index contributed by atoms with van der Waals surface area (Å²) < 4.78 is 18.3. The van der Waals surface area contributed by atoms with Crippen LogP contribution in [-0.4, -0.2) is 36.5 Å². The summed E-state index contributed by atoms with van der Waals surface area (Å²) in [7, 11) is 3.55. The molecular weight excluding hydrogens is 434 g/mol. The third-order valence-corrected chi connectivity index (χ3v) is 3.47. The SMILES string of the molecule is CCNC(=NCc1cccnc1OC)N(C)Cc1ccc(F)cc1.I. The lowest BCUT2D eigenvalue weighted by atomic mass is 10.2. The van der Waals surface area contributed by atoms with Gasteiger partial charge in [0.2, 0.25) is 5.88 Å². The maximum Gasteiger partial charge on any atom is 0.218 e. The highest BCUT2D eigenvalue weighted by Gasteiger charge is 2.08. The molecule has 136 valence electrons. The summed E-state index contributed by atoms with van der Waals surface area (Å²) in [6, 6.07) is 10.3. The topological polar surface area (TPSA) is 49.8 Å². The fraction of sp³-hybridized carbons (Fsp3) is 0.333. The summed E-state index contributed by atoms with van der Waals surface area (Å²) in [5.41, 5.74) is 1.94. The molecule has 1 N–H and O–H groups in total. The first kappa shape index (κ1) is 21.1. The van der Waals surface area contributed by atoms with Gasteiger partial charge in [-0.1, -0.05) is 18.2 Å². The molecule has 0 aliphatic carbocycles. The van der Waals surface area contributed by atoms with Gasteiger partial charge in [0.05, 0.1) is 13.7 Å². The van der Waals surface area contributed by atoms with Crippen LogP contribution in [0.3, 0.4) is 0 Å². The van der Waals surface area contributed by atoms with Crippen LogP contribution < -0.4 is 10.1 Å². The fourth-order valence-electron chi connectivity index (χ4n) is 2.30. The van der Waals surface area contributed by atoms with Gasteiger partial charge in [-0.05, 0) is 30.7 Å². The van der Waals surface area contributed by atoms with Gasteiger partial charge in [-0.25, -0.2) is 14.4 Å². The second kappa shape index (κ2) is 10.9. The van der Waals surface area contributed by atoms with Gasteiger partial charge in [0.15, 0.2) is 5.96 Å². The van der Waals surface area contributed by atoms with Crippen molar-refractivity contribution in [2.75, 3.05) is 20.7 Å². The summed E-state index contributed by atoms with van der Waals surface area (Å²) in [4.78, 5) is 10.8. The summed E-state index contributed by atoms with van der Waals surface area (Å²) in [6.45, 7) is 3.88. The van der Waals surface area contributed by atoms with E-state index in [0.717, 1.165) is 23.6 Å². The lowest BCUT2D eigenvalue weighted by Crippen LogP contribution is -2.38. The zero-order valence-electron chi connectivity index (χ0n) is 14.7. The summed E-state index contributed by atoms with van der Waals surface area (Å²) in [6.07, 6.45) is 1.69. The third-order valence-electron chi connectivity index (χ3n) is 3.47. The number of hydrogen-bond acceptors (Lipinski definition) is 3. The van der Waals surface area contributed by atoms with E-state index in [-0.39, 0.29) is 29.8 Å². The Kier molecular flexibility index (Phi) is 9.18. The Labute approximate surface area is 165 Å². The van der Waals surface area contributed by atoms with Gasteiger partial charge in [0, 0.05) is 31.9 Å². The molecule has 0 atom stereocenters. The Morgan fingerprint density at radius 1 is 1.28 bits per heavy atom. The smallest absolute Gasteiger partial charge is 0.218 e. The lowest BCUT2D eigenvalue weighted by Gasteiger charge is -2.22. The van der Waals surface area contributed by atoms with E-state index in [2.05, 4.69) is 15.3 Å². The molecule has 5 nitrogen and oxygen atoms in total. The second-order valence-electron chi connectivity index (χ2n) is 5.32. The molecule has 7 heteroatoms. The van der Waals surface area contributed by atoms with Gasteiger partial charge >= 0.3 is 0 Å². The Morgan fingerprint density at radius 2 is 2.00 bits per heavy atom. The van der Waals surface area contributed by atoms with Crippen LogP contribution >= 0.6 is 24.0 Å². The molecule has 0 fully saturated rings. The molecule has 0 spiro atoms. The molecule has 0 bridgehead atoms. The number of pyridine rings is 1. The van der Waals surface area contributed by atoms with Crippen LogP contribution in [0.25, 0.3) is 0 Å². The molecule has 2 aromatic rings. The van der Waals surface area contributed by atoms with Crippen LogP contribution in [0.2, 0.25) is 0 Å². The fourth-order valence-corrected chi connectivity index (χ4v) is 2.30. The van der Waals surface area contributed by atoms with Crippen molar-refractivity contribution in [2.24, 2.45) is 4.99 Å². The average molecular weight is 458 g/mol. The highest BCUT2D eigenvalue weighted by molar-refractivity contribution is 14.0. The van der Waals surface area contributed by atoms with Crippen molar-refractivity contribution >= 4 is 29.9 Å². The minimum absolute atomic E-state index is 0. The van der Waals surface area contributed by atoms with E-state index in [4.69, 9.17) is 4.74 Å². The van der Waals surface area contributed by atoms with E-state index in [1.54, 1.807) is 25.4 Å². The molecule has 0 unspecified atom stereocenters. The minimum atomic E-state index is -0.231. The van der Waals surface area contributed by atoms with Gasteiger partial charge < -0.3 is 15.0 Å². The number of aromatic nitrogens is 1. The monoisotopic (exact) mass is 458 g/mol. The van der Waals surface area contributed by atoms with Gasteiger partial charge in [-0.2, -0.15) is 0 Å². The number of halogens is 2. The van der Waals surface area contributed by atoms with Gasteiger partial charge in [-0.15, -0.1) is 24.0 Å². The first-order valence-corrected chi connectivity index (χ1v) is 7.85. The summed E-state index contributed by atoms with van der Waals surface area (Å²) in [5, 5.41) is 3.26. The Hall–Kier alpha value is -1.90. The van der Waals surface area contributed by atoms with Crippen molar-refractivity contribution < 1.29 is 9.13 Å². The van der Waals surface area contributed by atoms with Gasteiger partial charge in [0.1, 0.15) is 5.82 Å². The Bertz CT molecular complexity index is 679. The van der Waals surface area contributed by atoms with Crippen LogP contribution in [0.1, 0.15) is 18.1 Å². The van der Waals surface area contributed by atoms with Crippen molar-refractivity contribution in [3.05, 3.63) is 59.5 Å². The number of hydrogen-bond donors (Lipinski definition) is 1. The van der Waals surface area contributed by atoms with E-state index in [0.29, 0.717) is 19.0 Å². The molecule has 0 aliphatic rings. The molecule has 2 rings (SSSR count). The minimum Gasteiger partial charge on any atom is -0.481 e. The number of aliphatic imine (C=N–C) groups is 1. The number of nitrogens with one attached hydrogen (secondary N) is 1. The molecule has 25 heavy (non-hydrogen) atoms. The molecule has 1 heterocycles. The number of methoxy groups -OCH3 is 1. The van der Waals surface area contributed by atoms with Crippen LogP contribution in [0, 0.1) is 5.82 Å². The van der Waals surface area contributed by atoms with Gasteiger partial charge in [-0.3, -0.25) is 0 Å². The summed E-state index contributed by atoms with van der Waals surface area (Å²) >= 11 is 0. The van der Waals surface area contributed by atoms with Crippen LogP contribution in [0.4, 0.5) is 4.39 Å². The Balaban J connectivity index is 0.00000312. The molecule has 0 radical (unpaired) electrons. The van der Waals surface area contributed by atoms with Crippen molar-refractivity contribution in [2.45, 2.75) is 20.0 Å². The second-order valence-corrected chi connectivity index (χ2v) is 5.32. The van der Waals surface area contributed by atoms with Crippen LogP contribution in [0.15, 0.2) is 47.6 Å². The first-order valence-electron chi connectivity index (χ1n) is 7.85. The van der Waals surface area contributed by atoms with E-state index in [1.807, 2.05) is 31.0 Å². The zero-order valence-corrected chi connectivity index (χ0v) is 17.0. The lowest BCUT2D eigenvalue weighted by molar-refractivity contribution is 0.392. The molecule has 0 saturated heterocycles. The van der Waals surface area contributed by atoms with Crippen molar-refractivity contribution in [1.29, 1.82) is 0 Å². The molecule has 0 aliphatic heterocycles. The highest BCUT2D eigenvalue weighted by Crippen LogP contribution is 2.15. The largest absolute Gasteiger partial charge is 0.481 e. The number of rotatable bonds is 6. The van der Waals surface area contributed by atoms with Crippen LogP contribution in [-0.2, 0) is 13.1 Å². The van der Waals surface area contributed by atoms with E-state index < -0.39 is 0 Å². The van der Waals surface area contributed by atoms with E-state index in [9.17, 15) is 4.39 Å². The molecule has 0 amide bonds. The van der Waals surface area contributed by atoms with Gasteiger partial charge in [0.25, 0.3) is 0 Å². The molecule has 1 aromatic carbocycles. The van der Waals surface area contributed by atoms with E-state index in [1.165, 1.54) is 12.1 Å². The quantitative estimate of drug-likeness (QED) is 0.410. The zero-order chi connectivity index (χ0) is 17.4. The first-order chi connectivity index (χ1) is 11.6. The maximum atomic E-state index is 13.0. The van der Waals surface area contributed by atoms with Crippen LogP contribution in [0.5, 0.6) is 5.88 Å². The van der Waals surface area contributed by atoms with Crippen molar-refractivity contribution in [3.8, 4) is 5.88 Å². The molecule has 0 saturated carbocycles. The number of benzene rings is 1. The molecule has 1 aromatic heterocycles. The molecular formula is C18H24FIN4O. The average Bonchev–Trinajstić information content (AvgIpc) is 2.60. The summed E-state index contributed by atoms with van der Waals surface area (Å²) in [5.74, 6) is 1.12. The predicted molar refractivity (Wildman–Crippen MR) is 109 cm³/mol. The normalized spacial score (nSPS) is 10.8. The highest BCUT2D eigenvalue weighted by atomic mass is 127. The number of ether oxygens (including phenoxy) is 1. The van der Waals surface area contributed by atoms with Crippen molar-refractivity contribution in [3.63, 3.8) is 0 Å². The number of nitrogens with zero attached hydrogens (tertiary/aromatic N) is 3. The third kappa shape index (κ3) is 6.49. The number of guanidine groups is 1. The van der Waals surface area contributed by atoms with E-state index >= 15 is 0 Å².